The average Bonchev–Trinajstić information content (AvgIpc) is 2.28. The van der Waals surface area contributed by atoms with Gasteiger partial charge in [0.1, 0.15) is 0 Å². The smallest absolute Gasteiger partial charge is 0.211 e. The van der Waals surface area contributed by atoms with E-state index in [1.807, 2.05) is 6.92 Å². The fourth-order valence-corrected chi connectivity index (χ4v) is 2.90. The second-order valence-corrected chi connectivity index (χ2v) is 7.48. The third-order valence-electron chi connectivity index (χ3n) is 2.50. The van der Waals surface area contributed by atoms with Gasteiger partial charge in [0.2, 0.25) is 10.0 Å². The zero-order chi connectivity index (χ0) is 13.6. The largest absolute Gasteiger partial charge is 0.240 e. The number of nitrogens with one attached hydrogen (secondary N) is 1. The number of rotatable bonds is 7. The molecule has 1 rings (SSSR count). The standard InChI is InChI=1S/C13H18INO2S/c1-11-6-8-13(9-7-11)18(16,17)15-10-4-3-5-12(2)14/h6-9,15H,2-5,10H2,1H3. The van der Waals surface area contributed by atoms with Gasteiger partial charge in [-0.2, -0.15) is 0 Å². The number of sulfonamides is 1. The Morgan fingerprint density at radius 2 is 1.89 bits per heavy atom. The molecule has 0 saturated carbocycles. The summed E-state index contributed by atoms with van der Waals surface area (Å²) in [4.78, 5) is 0.325. The van der Waals surface area contributed by atoms with Crippen LogP contribution in [0.2, 0.25) is 0 Å². The molecule has 0 atom stereocenters. The molecule has 18 heavy (non-hydrogen) atoms. The summed E-state index contributed by atoms with van der Waals surface area (Å²) in [7, 11) is -3.35. The Morgan fingerprint density at radius 1 is 1.28 bits per heavy atom. The predicted octanol–water partition coefficient (Wildman–Crippen LogP) is 3.39. The molecule has 100 valence electrons. The van der Waals surface area contributed by atoms with Crippen molar-refractivity contribution >= 4 is 32.6 Å². The third-order valence-corrected chi connectivity index (χ3v) is 4.51. The van der Waals surface area contributed by atoms with E-state index < -0.39 is 10.0 Å². The summed E-state index contributed by atoms with van der Waals surface area (Å²) in [5.41, 5.74) is 1.05. The normalized spacial score (nSPS) is 11.4. The minimum Gasteiger partial charge on any atom is -0.211 e. The summed E-state index contributed by atoms with van der Waals surface area (Å²) in [5.74, 6) is 0. The van der Waals surface area contributed by atoms with Crippen molar-refractivity contribution in [1.82, 2.24) is 4.72 Å². The second-order valence-electron chi connectivity index (χ2n) is 4.19. The van der Waals surface area contributed by atoms with Crippen LogP contribution in [0.15, 0.2) is 39.3 Å². The number of halogens is 1. The van der Waals surface area contributed by atoms with Crippen LogP contribution in [0.3, 0.4) is 0 Å². The number of aryl methyl sites for hydroxylation is 1. The molecule has 1 aromatic carbocycles. The van der Waals surface area contributed by atoms with Gasteiger partial charge < -0.3 is 0 Å². The Bertz CT molecular complexity index is 494. The highest BCUT2D eigenvalue weighted by Crippen LogP contribution is 2.12. The van der Waals surface area contributed by atoms with Crippen LogP contribution in [0, 0.1) is 6.92 Å². The molecule has 0 aliphatic heterocycles. The highest BCUT2D eigenvalue weighted by molar-refractivity contribution is 14.1. The first kappa shape index (κ1) is 15.7. The van der Waals surface area contributed by atoms with E-state index in [1.54, 1.807) is 24.3 Å². The number of unbranched alkanes of at least 4 members (excludes halogenated alkanes) is 1. The van der Waals surface area contributed by atoms with Crippen molar-refractivity contribution in [1.29, 1.82) is 0 Å². The van der Waals surface area contributed by atoms with E-state index in [1.165, 1.54) is 0 Å². The molecule has 0 spiro atoms. The molecule has 1 N–H and O–H groups in total. The second kappa shape index (κ2) is 7.25. The summed E-state index contributed by atoms with van der Waals surface area (Å²) in [6.45, 7) is 6.21. The molecule has 0 aliphatic rings. The van der Waals surface area contributed by atoms with Gasteiger partial charge in [-0.1, -0.05) is 24.3 Å². The van der Waals surface area contributed by atoms with Gasteiger partial charge in [0.05, 0.1) is 4.90 Å². The highest BCUT2D eigenvalue weighted by atomic mass is 127. The average molecular weight is 379 g/mol. The summed E-state index contributed by atoms with van der Waals surface area (Å²) >= 11 is 2.19. The Labute approximate surface area is 123 Å². The molecular weight excluding hydrogens is 361 g/mol. The quantitative estimate of drug-likeness (QED) is 0.583. The minimum atomic E-state index is -3.35. The van der Waals surface area contributed by atoms with Crippen molar-refractivity contribution in [3.05, 3.63) is 40.0 Å². The lowest BCUT2D eigenvalue weighted by Gasteiger charge is -2.06. The Balaban J connectivity index is 2.45. The molecule has 0 saturated heterocycles. The monoisotopic (exact) mass is 379 g/mol. The van der Waals surface area contributed by atoms with Gasteiger partial charge >= 0.3 is 0 Å². The summed E-state index contributed by atoms with van der Waals surface area (Å²) in [5, 5.41) is 0. The predicted molar refractivity (Wildman–Crippen MR) is 83.4 cm³/mol. The molecular formula is C13H18INO2S. The Hall–Kier alpha value is -0.400. The molecule has 0 aliphatic carbocycles. The van der Waals surface area contributed by atoms with Crippen molar-refractivity contribution in [2.45, 2.75) is 31.1 Å². The lowest BCUT2D eigenvalue weighted by atomic mass is 10.2. The molecule has 0 bridgehead atoms. The summed E-state index contributed by atoms with van der Waals surface area (Å²) in [6.07, 6.45) is 2.72. The molecule has 5 heteroatoms. The number of hydrogen-bond donors (Lipinski definition) is 1. The van der Waals surface area contributed by atoms with Gasteiger partial charge in [0.15, 0.2) is 0 Å². The van der Waals surface area contributed by atoms with Crippen LogP contribution in [-0.4, -0.2) is 15.0 Å². The van der Waals surface area contributed by atoms with Crippen molar-refractivity contribution in [3.63, 3.8) is 0 Å². The lowest BCUT2D eigenvalue weighted by molar-refractivity contribution is 0.577. The maximum absolute atomic E-state index is 11.9. The SMILES string of the molecule is C=C(I)CCCCNS(=O)(=O)c1ccc(C)cc1. The lowest BCUT2D eigenvalue weighted by Crippen LogP contribution is -2.24. The molecule has 0 unspecified atom stereocenters. The topological polar surface area (TPSA) is 46.2 Å². The van der Waals surface area contributed by atoms with Gasteiger partial charge in [-0.15, -0.1) is 0 Å². The zero-order valence-corrected chi connectivity index (χ0v) is 13.4. The van der Waals surface area contributed by atoms with Crippen molar-refractivity contribution in [3.8, 4) is 0 Å². The van der Waals surface area contributed by atoms with E-state index in [4.69, 9.17) is 0 Å². The van der Waals surface area contributed by atoms with Gasteiger partial charge in [0, 0.05) is 6.54 Å². The van der Waals surface area contributed by atoms with Gasteiger partial charge in [-0.3, -0.25) is 0 Å². The van der Waals surface area contributed by atoms with E-state index in [0.29, 0.717) is 11.4 Å². The van der Waals surface area contributed by atoms with Crippen molar-refractivity contribution < 1.29 is 8.42 Å². The molecule has 0 heterocycles. The van der Waals surface area contributed by atoms with Crippen LogP contribution in [0.1, 0.15) is 24.8 Å². The van der Waals surface area contributed by atoms with Crippen LogP contribution in [-0.2, 0) is 10.0 Å². The minimum absolute atomic E-state index is 0.325. The molecule has 0 fully saturated rings. The fraction of sp³-hybridized carbons (Fsp3) is 0.385. The van der Waals surface area contributed by atoms with Crippen LogP contribution < -0.4 is 4.72 Å². The number of benzene rings is 1. The first-order valence-corrected chi connectivity index (χ1v) is 8.37. The number of allylic oxidation sites excluding steroid dienone is 1. The van der Waals surface area contributed by atoms with E-state index in [-0.39, 0.29) is 0 Å². The first-order valence-electron chi connectivity index (χ1n) is 5.81. The van der Waals surface area contributed by atoms with E-state index in [9.17, 15) is 8.42 Å². The molecule has 0 radical (unpaired) electrons. The molecule has 1 aromatic rings. The van der Waals surface area contributed by atoms with Gasteiger partial charge in [0.25, 0.3) is 0 Å². The first-order chi connectivity index (χ1) is 8.42. The maximum atomic E-state index is 11.9. The molecule has 3 nitrogen and oxygen atoms in total. The maximum Gasteiger partial charge on any atom is 0.240 e. The van der Waals surface area contributed by atoms with Crippen molar-refractivity contribution in [2.75, 3.05) is 6.54 Å². The van der Waals surface area contributed by atoms with Crippen LogP contribution in [0.5, 0.6) is 0 Å². The van der Waals surface area contributed by atoms with Gasteiger partial charge in [-0.05, 0) is 64.5 Å². The fourth-order valence-electron chi connectivity index (χ4n) is 1.45. The third kappa shape index (κ3) is 5.49. The highest BCUT2D eigenvalue weighted by Gasteiger charge is 2.12. The summed E-state index contributed by atoms with van der Waals surface area (Å²) in [6, 6.07) is 6.86. The molecule has 0 aromatic heterocycles. The van der Waals surface area contributed by atoms with E-state index >= 15 is 0 Å². The van der Waals surface area contributed by atoms with Crippen LogP contribution in [0.4, 0.5) is 0 Å². The summed E-state index contributed by atoms with van der Waals surface area (Å²) < 4.78 is 27.5. The van der Waals surface area contributed by atoms with Gasteiger partial charge in [-0.25, -0.2) is 13.1 Å². The van der Waals surface area contributed by atoms with E-state index in [2.05, 4.69) is 33.9 Å². The Morgan fingerprint density at radius 3 is 2.44 bits per heavy atom. The van der Waals surface area contributed by atoms with Crippen LogP contribution in [0.25, 0.3) is 0 Å². The Kier molecular flexibility index (Phi) is 6.31. The molecule has 0 amide bonds. The zero-order valence-electron chi connectivity index (χ0n) is 10.4. The van der Waals surface area contributed by atoms with E-state index in [0.717, 1.165) is 28.4 Å². The van der Waals surface area contributed by atoms with Crippen LogP contribution >= 0.6 is 22.6 Å². The van der Waals surface area contributed by atoms with Crippen molar-refractivity contribution in [2.24, 2.45) is 0 Å². The number of hydrogen-bond acceptors (Lipinski definition) is 2.